The summed E-state index contributed by atoms with van der Waals surface area (Å²) in [5.41, 5.74) is 8.18. The first-order valence-corrected chi connectivity index (χ1v) is 18.3. The molecule has 262 valence electrons. The van der Waals surface area contributed by atoms with Crippen LogP contribution in [0.15, 0.2) is 198 Å². The Bertz CT molecular complexity index is 3460. The smallest absolute Gasteiger partial charge is 0.167 e. The third-order valence-corrected chi connectivity index (χ3v) is 10.2. The minimum atomic E-state index is -0.165. The average molecular weight is 723 g/mol. The lowest BCUT2D eigenvalue weighted by atomic mass is 9.96. The van der Waals surface area contributed by atoms with Gasteiger partial charge in [0.1, 0.15) is 11.2 Å². The lowest BCUT2D eigenvalue weighted by Crippen LogP contribution is -2.00. The minimum Gasteiger partial charge on any atom is -0.455 e. The van der Waals surface area contributed by atoms with Crippen LogP contribution in [0.25, 0.3) is 106 Å². The number of rotatable bonds is 6. The molecule has 0 N–H and O–H groups in total. The Kier molecular flexibility index (Phi) is 6.10. The number of para-hydroxylation sites is 4. The fourth-order valence-corrected chi connectivity index (χ4v) is 7.62. The fourth-order valence-electron chi connectivity index (χ4n) is 7.62. The summed E-state index contributed by atoms with van der Waals surface area (Å²) in [6.07, 6.45) is 0. The fraction of sp³-hybridized carbons (Fsp3) is 0. The first-order chi connectivity index (χ1) is 30.2. The third kappa shape index (κ3) is 5.29. The van der Waals surface area contributed by atoms with Crippen molar-refractivity contribution in [2.24, 2.45) is 0 Å². The van der Waals surface area contributed by atoms with Crippen LogP contribution in [0.1, 0.15) is 8.22 Å². The van der Waals surface area contributed by atoms with Crippen molar-refractivity contribution in [1.29, 1.82) is 0 Å². The van der Waals surface area contributed by atoms with E-state index in [1.807, 2.05) is 140 Å². The molecule has 0 radical (unpaired) electrons. The summed E-state index contributed by atoms with van der Waals surface area (Å²) in [7, 11) is 0. The van der Waals surface area contributed by atoms with Crippen molar-refractivity contribution in [3.8, 4) is 62.1 Å². The summed E-state index contributed by atoms with van der Waals surface area (Å²) >= 11 is 0. The van der Waals surface area contributed by atoms with Gasteiger partial charge in [0.25, 0.3) is 0 Å². The molecule has 0 amide bonds. The van der Waals surface area contributed by atoms with Crippen LogP contribution in [0.4, 0.5) is 0 Å². The molecule has 0 saturated heterocycles. The van der Waals surface area contributed by atoms with Crippen LogP contribution in [0.3, 0.4) is 0 Å². The summed E-state index contributed by atoms with van der Waals surface area (Å²) < 4.78 is 61.9. The number of aromatic nitrogens is 4. The molecule has 11 rings (SSSR count). The first-order valence-electron chi connectivity index (χ1n) is 21.3. The minimum absolute atomic E-state index is 0.0229. The molecule has 8 aromatic carbocycles. The number of hydrogen-bond donors (Lipinski definition) is 0. The van der Waals surface area contributed by atoms with Gasteiger partial charge in [-0.15, -0.1) is 0 Å². The van der Waals surface area contributed by atoms with E-state index in [0.717, 1.165) is 44.2 Å². The van der Waals surface area contributed by atoms with Gasteiger partial charge in [0, 0.05) is 43.9 Å². The summed E-state index contributed by atoms with van der Waals surface area (Å²) in [4.78, 5) is 14.9. The van der Waals surface area contributed by atoms with Crippen molar-refractivity contribution < 1.29 is 12.6 Å². The predicted molar refractivity (Wildman–Crippen MR) is 229 cm³/mol. The van der Waals surface area contributed by atoms with Crippen LogP contribution < -0.4 is 0 Å². The zero-order valence-electron chi connectivity index (χ0n) is 35.7. The molecule has 5 heteroatoms. The number of furan rings is 1. The zero-order valence-corrected chi connectivity index (χ0v) is 29.7. The lowest BCUT2D eigenvalue weighted by Gasteiger charge is -2.14. The predicted octanol–water partition coefficient (Wildman–Crippen LogP) is 13.2. The van der Waals surface area contributed by atoms with Gasteiger partial charge >= 0.3 is 0 Å². The molecule has 0 atom stereocenters. The molecule has 0 fully saturated rings. The lowest BCUT2D eigenvalue weighted by molar-refractivity contribution is 0.670. The van der Waals surface area contributed by atoms with E-state index in [0.29, 0.717) is 50.9 Å². The monoisotopic (exact) mass is 722 g/mol. The second-order valence-electron chi connectivity index (χ2n) is 13.5. The normalized spacial score (nSPS) is 13.1. The highest BCUT2D eigenvalue weighted by molar-refractivity contribution is 6.13. The van der Waals surface area contributed by atoms with Gasteiger partial charge in [-0.25, -0.2) is 15.0 Å². The Labute approximate surface area is 331 Å². The van der Waals surface area contributed by atoms with Gasteiger partial charge in [0.05, 0.1) is 24.8 Å². The molecule has 11 aromatic rings. The highest BCUT2D eigenvalue weighted by Gasteiger charge is 2.21. The van der Waals surface area contributed by atoms with Gasteiger partial charge in [-0.05, 0) is 53.0 Å². The first kappa shape index (κ1) is 26.2. The third-order valence-electron chi connectivity index (χ3n) is 10.2. The largest absolute Gasteiger partial charge is 0.455 e. The molecule has 5 nitrogen and oxygen atoms in total. The highest BCUT2D eigenvalue weighted by Crippen LogP contribution is 2.42. The van der Waals surface area contributed by atoms with E-state index >= 15 is 0 Å². The number of benzene rings is 8. The van der Waals surface area contributed by atoms with Crippen molar-refractivity contribution in [2.45, 2.75) is 0 Å². The molecular formula is C51H32N4O. The van der Waals surface area contributed by atoms with Gasteiger partial charge in [-0.3, -0.25) is 0 Å². The summed E-state index contributed by atoms with van der Waals surface area (Å²) in [5, 5.41) is 2.17. The molecule has 0 aliphatic carbocycles. The van der Waals surface area contributed by atoms with E-state index in [9.17, 15) is 0 Å². The van der Waals surface area contributed by atoms with Crippen molar-refractivity contribution in [3.63, 3.8) is 0 Å². The standard InChI is InChI=1S/C51H32N4O/c1-4-16-33(17-5-1)36-30-37(32-38(31-36)55-45-28-12-10-22-40(45)41-23-11-13-29-46(41)55)39-24-14-25-42-43-26-15-27-44(48(43)56-47(39)42)51-53-49(34-18-6-2-7-19-34)52-50(54-51)35-20-8-3-9-21-35/h1-32H/i10D,11D,22D,23D,28D,29D. The zero-order chi connectivity index (χ0) is 42.2. The quantitative estimate of drug-likeness (QED) is 0.171. The molecule has 0 bridgehead atoms. The van der Waals surface area contributed by atoms with E-state index in [1.54, 1.807) is 4.57 Å². The van der Waals surface area contributed by atoms with Gasteiger partial charge in [-0.2, -0.15) is 0 Å². The Hall–Kier alpha value is -7.63. The van der Waals surface area contributed by atoms with Crippen LogP contribution in [-0.2, 0) is 0 Å². The van der Waals surface area contributed by atoms with Crippen LogP contribution in [0, 0.1) is 0 Å². The second-order valence-corrected chi connectivity index (χ2v) is 13.5. The maximum absolute atomic E-state index is 9.12. The summed E-state index contributed by atoms with van der Waals surface area (Å²) in [6, 6.07) is 49.5. The van der Waals surface area contributed by atoms with Gasteiger partial charge in [0.2, 0.25) is 0 Å². The average Bonchev–Trinajstić information content (AvgIpc) is 3.89. The molecule has 0 aliphatic heterocycles. The Balaban J connectivity index is 1.17. The van der Waals surface area contributed by atoms with Crippen molar-refractivity contribution >= 4 is 43.7 Å². The maximum atomic E-state index is 9.12. The highest BCUT2D eigenvalue weighted by atomic mass is 16.3. The number of fused-ring (bicyclic) bond motifs is 6. The molecular weight excluding hydrogens is 685 g/mol. The van der Waals surface area contributed by atoms with Gasteiger partial charge in [0.15, 0.2) is 17.5 Å². The van der Waals surface area contributed by atoms with Crippen molar-refractivity contribution in [2.75, 3.05) is 0 Å². The molecule has 0 saturated carbocycles. The van der Waals surface area contributed by atoms with E-state index in [2.05, 4.69) is 6.07 Å². The number of nitrogens with zero attached hydrogens (tertiary/aromatic N) is 4. The number of hydrogen-bond acceptors (Lipinski definition) is 4. The van der Waals surface area contributed by atoms with E-state index in [4.69, 9.17) is 27.6 Å². The Morgan fingerprint density at radius 2 is 0.893 bits per heavy atom. The Morgan fingerprint density at radius 1 is 0.393 bits per heavy atom. The van der Waals surface area contributed by atoms with Crippen molar-refractivity contribution in [3.05, 3.63) is 194 Å². The molecule has 0 aliphatic rings. The summed E-state index contributed by atoms with van der Waals surface area (Å²) in [6.45, 7) is 0. The molecule has 3 heterocycles. The molecule has 56 heavy (non-hydrogen) atoms. The molecule has 3 aromatic heterocycles. The molecule has 0 unspecified atom stereocenters. The van der Waals surface area contributed by atoms with Crippen LogP contribution in [0.5, 0.6) is 0 Å². The summed E-state index contributed by atoms with van der Waals surface area (Å²) in [5.74, 6) is 1.55. The second kappa shape index (κ2) is 13.0. The maximum Gasteiger partial charge on any atom is 0.167 e. The topological polar surface area (TPSA) is 56.7 Å². The Morgan fingerprint density at radius 3 is 1.48 bits per heavy atom. The van der Waals surface area contributed by atoms with Gasteiger partial charge in [-0.1, -0.05) is 158 Å². The van der Waals surface area contributed by atoms with E-state index < -0.39 is 0 Å². The van der Waals surface area contributed by atoms with Crippen LogP contribution in [0.2, 0.25) is 0 Å². The molecule has 0 spiro atoms. The van der Waals surface area contributed by atoms with E-state index in [-0.39, 0.29) is 47.0 Å². The SMILES string of the molecule is [2H]c1cc([2H])c2c(c1[2H])c1c([2H])c([2H])cc([2H])c1n2-c1cc(-c2ccccc2)cc(-c2cccc3c2oc2c(-c4nc(-c5ccccc5)nc(-c5ccccc5)n4)cccc23)c1. The van der Waals surface area contributed by atoms with Crippen LogP contribution in [-0.4, -0.2) is 19.5 Å². The van der Waals surface area contributed by atoms with Crippen LogP contribution >= 0.6 is 0 Å². The van der Waals surface area contributed by atoms with E-state index in [1.165, 1.54) is 12.1 Å². The van der Waals surface area contributed by atoms with Gasteiger partial charge < -0.3 is 8.98 Å². The van der Waals surface area contributed by atoms with Crippen molar-refractivity contribution in [1.82, 2.24) is 19.5 Å².